The van der Waals surface area contributed by atoms with E-state index in [1.54, 1.807) is 0 Å². The summed E-state index contributed by atoms with van der Waals surface area (Å²) in [4.78, 5) is 6.95. The van der Waals surface area contributed by atoms with E-state index in [0.717, 1.165) is 17.6 Å². The molecule has 2 atom stereocenters. The van der Waals surface area contributed by atoms with Crippen LogP contribution >= 0.6 is 0 Å². The van der Waals surface area contributed by atoms with Gasteiger partial charge < -0.3 is 10.2 Å². The Hall–Kier alpha value is -1.25. The Labute approximate surface area is 104 Å². The van der Waals surface area contributed by atoms with Crippen molar-refractivity contribution < 1.29 is 0 Å². The van der Waals surface area contributed by atoms with Crippen molar-refractivity contribution in [1.29, 1.82) is 0 Å². The molecule has 0 aliphatic heterocycles. The van der Waals surface area contributed by atoms with Crippen molar-refractivity contribution in [2.45, 2.75) is 38.6 Å². The summed E-state index contributed by atoms with van der Waals surface area (Å²) in [5.41, 5.74) is 0. The maximum atomic E-state index is 4.61. The first-order valence-corrected chi connectivity index (χ1v) is 6.58. The van der Waals surface area contributed by atoms with Crippen molar-refractivity contribution in [3.05, 3.63) is 18.2 Å². The first-order chi connectivity index (χ1) is 8.20. The molecule has 0 aromatic carbocycles. The van der Waals surface area contributed by atoms with Crippen LogP contribution in [-0.2, 0) is 0 Å². The Morgan fingerprint density at radius 3 is 2.88 bits per heavy atom. The topological polar surface area (TPSA) is 28.2 Å². The molecule has 0 spiro atoms. The lowest BCUT2D eigenvalue weighted by Gasteiger charge is -2.35. The largest absolute Gasteiger partial charge is 0.373 e. The Morgan fingerprint density at radius 2 is 2.18 bits per heavy atom. The second kappa shape index (κ2) is 5.39. The van der Waals surface area contributed by atoms with Crippen LogP contribution in [0.15, 0.2) is 18.2 Å². The van der Waals surface area contributed by atoms with Crippen LogP contribution in [0.5, 0.6) is 0 Å². The van der Waals surface area contributed by atoms with Gasteiger partial charge in [-0.05, 0) is 30.9 Å². The van der Waals surface area contributed by atoms with Crippen LogP contribution in [0, 0.1) is 5.92 Å². The number of hydrogen-bond acceptors (Lipinski definition) is 3. The zero-order valence-corrected chi connectivity index (χ0v) is 11.1. The molecule has 0 bridgehead atoms. The minimum absolute atomic E-state index is 0.651. The highest BCUT2D eigenvalue weighted by Gasteiger charge is 2.23. The summed E-state index contributed by atoms with van der Waals surface area (Å²) in [7, 11) is 4.08. The number of anilines is 2. The van der Waals surface area contributed by atoms with Gasteiger partial charge in [-0.3, -0.25) is 0 Å². The van der Waals surface area contributed by atoms with Gasteiger partial charge in [0.15, 0.2) is 0 Å². The standard InChI is InChI=1S/C14H23N3/c1-11-6-4-7-12(10-11)17(3)14-9-5-8-13(15-2)16-14/h5,8-9,11-12H,4,6-7,10H2,1-3H3,(H,15,16). The van der Waals surface area contributed by atoms with Crippen LogP contribution < -0.4 is 10.2 Å². The van der Waals surface area contributed by atoms with Gasteiger partial charge in [-0.2, -0.15) is 0 Å². The van der Waals surface area contributed by atoms with Crippen molar-refractivity contribution in [1.82, 2.24) is 4.98 Å². The molecular formula is C14H23N3. The molecule has 2 unspecified atom stereocenters. The molecule has 1 fully saturated rings. The summed E-state index contributed by atoms with van der Waals surface area (Å²) in [5, 5.41) is 3.10. The molecule has 2 rings (SSSR count). The van der Waals surface area contributed by atoms with Crippen LogP contribution in [0.2, 0.25) is 0 Å². The molecule has 3 nitrogen and oxygen atoms in total. The van der Waals surface area contributed by atoms with Crippen molar-refractivity contribution in [2.75, 3.05) is 24.3 Å². The van der Waals surface area contributed by atoms with Gasteiger partial charge in [0.1, 0.15) is 11.6 Å². The van der Waals surface area contributed by atoms with Crippen LogP contribution in [0.4, 0.5) is 11.6 Å². The molecule has 1 aliphatic carbocycles. The third-order valence-corrected chi connectivity index (χ3v) is 3.81. The van der Waals surface area contributed by atoms with Crippen LogP contribution in [-0.4, -0.2) is 25.1 Å². The van der Waals surface area contributed by atoms with Crippen LogP contribution in [0.1, 0.15) is 32.6 Å². The zero-order chi connectivity index (χ0) is 12.3. The number of hydrogen-bond donors (Lipinski definition) is 1. The second-order valence-corrected chi connectivity index (χ2v) is 5.17. The summed E-state index contributed by atoms with van der Waals surface area (Å²) < 4.78 is 0. The summed E-state index contributed by atoms with van der Waals surface area (Å²) in [6.45, 7) is 2.36. The van der Waals surface area contributed by atoms with Crippen molar-refractivity contribution in [2.24, 2.45) is 5.92 Å². The van der Waals surface area contributed by atoms with Gasteiger partial charge in [0.05, 0.1) is 0 Å². The van der Waals surface area contributed by atoms with Gasteiger partial charge in [-0.15, -0.1) is 0 Å². The minimum Gasteiger partial charge on any atom is -0.373 e. The third kappa shape index (κ3) is 2.90. The van der Waals surface area contributed by atoms with Crippen molar-refractivity contribution in [3.63, 3.8) is 0 Å². The monoisotopic (exact) mass is 233 g/mol. The molecule has 3 heteroatoms. The minimum atomic E-state index is 0.651. The fraction of sp³-hybridized carbons (Fsp3) is 0.643. The van der Waals surface area contributed by atoms with Gasteiger partial charge in [-0.25, -0.2) is 4.98 Å². The molecule has 0 radical (unpaired) electrons. The molecular weight excluding hydrogens is 210 g/mol. The number of aromatic nitrogens is 1. The zero-order valence-electron chi connectivity index (χ0n) is 11.1. The van der Waals surface area contributed by atoms with E-state index in [1.165, 1.54) is 25.7 Å². The van der Waals surface area contributed by atoms with Gasteiger partial charge in [-0.1, -0.05) is 25.8 Å². The number of nitrogens with one attached hydrogen (secondary N) is 1. The molecule has 1 aromatic heterocycles. The molecule has 17 heavy (non-hydrogen) atoms. The summed E-state index contributed by atoms with van der Waals surface area (Å²) in [5.74, 6) is 2.87. The van der Waals surface area contributed by atoms with E-state index in [1.807, 2.05) is 13.1 Å². The van der Waals surface area contributed by atoms with Gasteiger partial charge >= 0.3 is 0 Å². The van der Waals surface area contributed by atoms with Crippen LogP contribution in [0.3, 0.4) is 0 Å². The number of nitrogens with zero attached hydrogens (tertiary/aromatic N) is 2. The quantitative estimate of drug-likeness (QED) is 0.869. The average Bonchev–Trinajstić information content (AvgIpc) is 2.38. The molecule has 94 valence electrons. The van der Waals surface area contributed by atoms with Gasteiger partial charge in [0.2, 0.25) is 0 Å². The first-order valence-electron chi connectivity index (χ1n) is 6.58. The van der Waals surface area contributed by atoms with Gasteiger partial charge in [0.25, 0.3) is 0 Å². The van der Waals surface area contributed by atoms with E-state index in [9.17, 15) is 0 Å². The van der Waals surface area contributed by atoms with E-state index in [2.05, 4.69) is 41.3 Å². The lowest BCUT2D eigenvalue weighted by atomic mass is 9.86. The fourth-order valence-electron chi connectivity index (χ4n) is 2.70. The lowest BCUT2D eigenvalue weighted by Crippen LogP contribution is -2.36. The first kappa shape index (κ1) is 12.2. The predicted molar refractivity (Wildman–Crippen MR) is 73.6 cm³/mol. The molecule has 1 heterocycles. The average molecular weight is 233 g/mol. The number of rotatable bonds is 3. The Kier molecular flexibility index (Phi) is 3.87. The normalized spacial score (nSPS) is 24.4. The van der Waals surface area contributed by atoms with E-state index in [4.69, 9.17) is 0 Å². The van der Waals surface area contributed by atoms with E-state index in [-0.39, 0.29) is 0 Å². The molecule has 1 aromatic rings. The SMILES string of the molecule is CNc1cccc(N(C)C2CCCC(C)C2)n1. The van der Waals surface area contributed by atoms with Crippen molar-refractivity contribution >= 4 is 11.6 Å². The molecule has 0 saturated heterocycles. The van der Waals surface area contributed by atoms with Crippen LogP contribution in [0.25, 0.3) is 0 Å². The van der Waals surface area contributed by atoms with E-state index < -0.39 is 0 Å². The highest BCUT2D eigenvalue weighted by atomic mass is 15.2. The van der Waals surface area contributed by atoms with Crippen molar-refractivity contribution in [3.8, 4) is 0 Å². The Morgan fingerprint density at radius 1 is 1.35 bits per heavy atom. The molecule has 1 N–H and O–H groups in total. The predicted octanol–water partition coefficient (Wildman–Crippen LogP) is 3.14. The molecule has 0 amide bonds. The fourth-order valence-corrected chi connectivity index (χ4v) is 2.70. The molecule has 1 aliphatic rings. The van der Waals surface area contributed by atoms with E-state index in [0.29, 0.717) is 6.04 Å². The smallest absolute Gasteiger partial charge is 0.130 e. The maximum Gasteiger partial charge on any atom is 0.130 e. The summed E-state index contributed by atoms with van der Waals surface area (Å²) >= 11 is 0. The maximum absolute atomic E-state index is 4.61. The Bertz CT molecular complexity index is 364. The highest BCUT2D eigenvalue weighted by molar-refractivity contribution is 5.46. The van der Waals surface area contributed by atoms with Gasteiger partial charge in [0, 0.05) is 20.1 Å². The lowest BCUT2D eigenvalue weighted by molar-refractivity contribution is 0.335. The number of pyridine rings is 1. The summed E-state index contributed by atoms with van der Waals surface area (Å²) in [6.07, 6.45) is 5.32. The second-order valence-electron chi connectivity index (χ2n) is 5.17. The molecule has 1 saturated carbocycles. The highest BCUT2D eigenvalue weighted by Crippen LogP contribution is 2.29. The summed E-state index contributed by atoms with van der Waals surface area (Å²) in [6, 6.07) is 6.82. The Balaban J connectivity index is 2.09. The van der Waals surface area contributed by atoms with E-state index >= 15 is 0 Å². The third-order valence-electron chi connectivity index (χ3n) is 3.81.